The molecule has 1 aromatic heterocycles. The van der Waals surface area contributed by atoms with Crippen molar-refractivity contribution >= 4 is 5.82 Å². The van der Waals surface area contributed by atoms with Crippen molar-refractivity contribution in [1.29, 1.82) is 0 Å². The van der Waals surface area contributed by atoms with Gasteiger partial charge in [-0.1, -0.05) is 19.9 Å². The molecule has 1 aliphatic carbocycles. The van der Waals surface area contributed by atoms with E-state index in [0.717, 1.165) is 23.2 Å². The number of benzene rings is 1. The predicted octanol–water partition coefficient (Wildman–Crippen LogP) is 4.56. The molecule has 23 heavy (non-hydrogen) atoms. The molecule has 1 aliphatic rings. The van der Waals surface area contributed by atoms with Gasteiger partial charge in [-0.15, -0.1) is 0 Å². The van der Waals surface area contributed by atoms with Crippen LogP contribution >= 0.6 is 0 Å². The lowest BCUT2D eigenvalue weighted by molar-refractivity contribution is -0.00180. The Morgan fingerprint density at radius 1 is 1.22 bits per heavy atom. The van der Waals surface area contributed by atoms with Crippen LogP contribution in [0.25, 0.3) is 11.3 Å². The molecule has 0 spiro atoms. The first-order valence-corrected chi connectivity index (χ1v) is 7.95. The van der Waals surface area contributed by atoms with E-state index in [9.17, 15) is 8.78 Å². The Labute approximate surface area is 135 Å². The number of anilines is 1. The molecule has 5 heteroatoms. The molecule has 0 fully saturated rings. The highest BCUT2D eigenvalue weighted by Crippen LogP contribution is 2.43. The van der Waals surface area contributed by atoms with Crippen LogP contribution in [0, 0.1) is 12.8 Å². The van der Waals surface area contributed by atoms with Gasteiger partial charge < -0.3 is 5.32 Å². The van der Waals surface area contributed by atoms with Gasteiger partial charge in [0.25, 0.3) is 5.92 Å². The maximum absolute atomic E-state index is 14.0. The zero-order chi connectivity index (χ0) is 16.6. The van der Waals surface area contributed by atoms with Crippen LogP contribution in [0.2, 0.25) is 0 Å². The number of aryl methyl sites for hydroxylation is 2. The van der Waals surface area contributed by atoms with Gasteiger partial charge in [-0.05, 0) is 36.5 Å². The molecule has 122 valence electrons. The van der Waals surface area contributed by atoms with Crippen molar-refractivity contribution in [2.75, 3.05) is 11.9 Å². The van der Waals surface area contributed by atoms with Gasteiger partial charge in [0.2, 0.25) is 0 Å². The lowest BCUT2D eigenvalue weighted by Gasteiger charge is -2.14. The maximum atomic E-state index is 14.0. The van der Waals surface area contributed by atoms with Crippen LogP contribution in [0.1, 0.15) is 37.0 Å². The van der Waals surface area contributed by atoms with E-state index < -0.39 is 5.92 Å². The van der Waals surface area contributed by atoms with E-state index >= 15 is 0 Å². The Morgan fingerprint density at radius 2 is 2.00 bits per heavy atom. The van der Waals surface area contributed by atoms with Crippen molar-refractivity contribution in [3.63, 3.8) is 0 Å². The first kappa shape index (κ1) is 15.8. The molecular formula is C18H21F2N3. The zero-order valence-corrected chi connectivity index (χ0v) is 13.7. The molecule has 0 radical (unpaired) electrons. The molecule has 0 bridgehead atoms. The van der Waals surface area contributed by atoms with E-state index in [2.05, 4.69) is 29.1 Å². The van der Waals surface area contributed by atoms with Gasteiger partial charge >= 0.3 is 0 Å². The minimum absolute atomic E-state index is 0.102. The summed E-state index contributed by atoms with van der Waals surface area (Å²) in [6.07, 6.45) is 3.63. The Hall–Kier alpha value is -2.04. The van der Waals surface area contributed by atoms with E-state index in [1.807, 2.05) is 13.0 Å². The molecule has 1 heterocycles. The standard InChI is InChI=1S/C18H21F2N3/c1-11(2)8-22-17-10-21-16(9-23-17)14-7-15-13(6-12(14)3)4-5-18(15,19)20/h6-7,9-11H,4-5,8H2,1-3H3,(H,22,23). The highest BCUT2D eigenvalue weighted by atomic mass is 19.3. The summed E-state index contributed by atoms with van der Waals surface area (Å²) in [6, 6.07) is 3.45. The largest absolute Gasteiger partial charge is 0.369 e. The Bertz CT molecular complexity index is 709. The van der Waals surface area contributed by atoms with Crippen LogP contribution in [0.5, 0.6) is 0 Å². The van der Waals surface area contributed by atoms with Gasteiger partial charge in [-0.3, -0.25) is 4.98 Å². The van der Waals surface area contributed by atoms with Crippen LogP contribution in [0.4, 0.5) is 14.6 Å². The van der Waals surface area contributed by atoms with Gasteiger partial charge in [0.05, 0.1) is 18.1 Å². The summed E-state index contributed by atoms with van der Waals surface area (Å²) in [5.74, 6) is -1.52. The van der Waals surface area contributed by atoms with Crippen molar-refractivity contribution in [3.8, 4) is 11.3 Å². The number of hydrogen-bond donors (Lipinski definition) is 1. The smallest absolute Gasteiger partial charge is 0.273 e. The van der Waals surface area contributed by atoms with Gasteiger partial charge in [0.15, 0.2) is 0 Å². The molecule has 0 unspecified atom stereocenters. The van der Waals surface area contributed by atoms with Crippen molar-refractivity contribution in [3.05, 3.63) is 41.2 Å². The Kier molecular flexibility index (Phi) is 4.04. The van der Waals surface area contributed by atoms with Crippen LogP contribution in [-0.2, 0) is 12.3 Å². The minimum atomic E-state index is -2.73. The van der Waals surface area contributed by atoms with E-state index in [1.54, 1.807) is 18.5 Å². The number of nitrogens with zero attached hydrogens (tertiary/aromatic N) is 2. The molecule has 1 aromatic carbocycles. The lowest BCUT2D eigenvalue weighted by Crippen LogP contribution is -2.09. The fraction of sp³-hybridized carbons (Fsp3) is 0.444. The molecule has 3 nitrogen and oxygen atoms in total. The number of nitrogens with one attached hydrogen (secondary N) is 1. The molecule has 0 saturated carbocycles. The fourth-order valence-electron chi connectivity index (χ4n) is 2.88. The highest BCUT2D eigenvalue weighted by molar-refractivity contribution is 5.66. The van der Waals surface area contributed by atoms with E-state index in [-0.39, 0.29) is 12.0 Å². The van der Waals surface area contributed by atoms with E-state index in [0.29, 0.717) is 23.9 Å². The molecule has 3 rings (SSSR count). The summed E-state index contributed by atoms with van der Waals surface area (Å²) in [5.41, 5.74) is 3.20. The maximum Gasteiger partial charge on any atom is 0.273 e. The van der Waals surface area contributed by atoms with E-state index in [4.69, 9.17) is 0 Å². The van der Waals surface area contributed by atoms with Crippen LogP contribution < -0.4 is 5.32 Å². The SMILES string of the molecule is Cc1cc2c(cc1-c1cnc(NCC(C)C)cn1)C(F)(F)CC2. The topological polar surface area (TPSA) is 37.8 Å². The monoisotopic (exact) mass is 317 g/mol. The number of fused-ring (bicyclic) bond motifs is 1. The first-order chi connectivity index (χ1) is 10.9. The molecule has 0 amide bonds. The first-order valence-electron chi connectivity index (χ1n) is 7.95. The van der Waals surface area contributed by atoms with Crippen molar-refractivity contribution in [2.45, 2.75) is 39.5 Å². The Morgan fingerprint density at radius 3 is 2.65 bits per heavy atom. The molecule has 1 N–H and O–H groups in total. The van der Waals surface area contributed by atoms with Crippen molar-refractivity contribution < 1.29 is 8.78 Å². The third-order valence-electron chi connectivity index (χ3n) is 4.17. The number of halogens is 2. The number of alkyl halides is 2. The second-order valence-corrected chi connectivity index (χ2v) is 6.59. The van der Waals surface area contributed by atoms with E-state index in [1.165, 1.54) is 0 Å². The summed E-state index contributed by atoms with van der Waals surface area (Å²) in [4.78, 5) is 8.73. The van der Waals surface area contributed by atoms with Gasteiger partial charge in [0.1, 0.15) is 5.82 Å². The average Bonchev–Trinajstić information content (AvgIpc) is 2.80. The lowest BCUT2D eigenvalue weighted by atomic mass is 9.98. The molecule has 0 saturated heterocycles. The van der Waals surface area contributed by atoms with Gasteiger partial charge in [-0.25, -0.2) is 13.8 Å². The molecule has 0 aliphatic heterocycles. The number of hydrogen-bond acceptors (Lipinski definition) is 3. The molecule has 2 aromatic rings. The summed E-state index contributed by atoms with van der Waals surface area (Å²) < 4.78 is 27.9. The summed E-state index contributed by atoms with van der Waals surface area (Å²) in [7, 11) is 0. The predicted molar refractivity (Wildman–Crippen MR) is 87.7 cm³/mol. The average molecular weight is 317 g/mol. The summed E-state index contributed by atoms with van der Waals surface area (Å²) >= 11 is 0. The number of rotatable bonds is 4. The highest BCUT2D eigenvalue weighted by Gasteiger charge is 2.39. The molecular weight excluding hydrogens is 296 g/mol. The minimum Gasteiger partial charge on any atom is -0.369 e. The Balaban J connectivity index is 1.90. The van der Waals surface area contributed by atoms with Gasteiger partial charge in [-0.2, -0.15) is 0 Å². The third-order valence-corrected chi connectivity index (χ3v) is 4.17. The summed E-state index contributed by atoms with van der Waals surface area (Å²) in [5, 5.41) is 3.20. The second kappa shape index (κ2) is 5.87. The third kappa shape index (κ3) is 3.19. The second-order valence-electron chi connectivity index (χ2n) is 6.59. The van der Waals surface area contributed by atoms with Crippen LogP contribution in [0.15, 0.2) is 24.5 Å². The van der Waals surface area contributed by atoms with Crippen molar-refractivity contribution in [1.82, 2.24) is 9.97 Å². The van der Waals surface area contributed by atoms with Gasteiger partial charge in [0, 0.05) is 24.1 Å². The molecule has 0 atom stereocenters. The fourth-order valence-corrected chi connectivity index (χ4v) is 2.88. The zero-order valence-electron chi connectivity index (χ0n) is 13.7. The van der Waals surface area contributed by atoms with Crippen LogP contribution in [0.3, 0.4) is 0 Å². The van der Waals surface area contributed by atoms with Crippen LogP contribution in [-0.4, -0.2) is 16.5 Å². The number of aromatic nitrogens is 2. The normalized spacial score (nSPS) is 15.7. The van der Waals surface area contributed by atoms with Crippen molar-refractivity contribution in [2.24, 2.45) is 5.92 Å². The summed E-state index contributed by atoms with van der Waals surface area (Å²) in [6.45, 7) is 6.97. The quantitative estimate of drug-likeness (QED) is 0.898.